The van der Waals surface area contributed by atoms with Crippen molar-refractivity contribution in [1.29, 1.82) is 0 Å². The van der Waals surface area contributed by atoms with E-state index in [0.717, 1.165) is 16.7 Å². The second-order valence-electron chi connectivity index (χ2n) is 5.95. The van der Waals surface area contributed by atoms with Crippen molar-refractivity contribution in [1.82, 2.24) is 4.98 Å². The number of hydrogen-bond donors (Lipinski definition) is 1. The minimum absolute atomic E-state index is 0.226. The molecular formula is C21H15ClN2O2. The van der Waals surface area contributed by atoms with Crippen molar-refractivity contribution in [3.63, 3.8) is 0 Å². The third-order valence-electron chi connectivity index (χ3n) is 4.04. The van der Waals surface area contributed by atoms with Crippen LogP contribution in [0.5, 0.6) is 0 Å². The molecule has 2 aromatic heterocycles. The lowest BCUT2D eigenvalue weighted by Gasteiger charge is -2.10. The molecule has 0 spiro atoms. The Hall–Kier alpha value is -3.11. The van der Waals surface area contributed by atoms with Gasteiger partial charge in [-0.05, 0) is 49.4 Å². The van der Waals surface area contributed by atoms with Gasteiger partial charge in [0, 0.05) is 16.1 Å². The number of benzene rings is 2. The molecule has 1 N–H and O–H groups in total. The van der Waals surface area contributed by atoms with Crippen LogP contribution in [0, 0.1) is 6.92 Å². The van der Waals surface area contributed by atoms with Crippen LogP contribution in [-0.2, 0) is 0 Å². The maximum Gasteiger partial charge on any atom is 0.256 e. The summed E-state index contributed by atoms with van der Waals surface area (Å²) in [6.07, 6.45) is 0. The van der Waals surface area contributed by atoms with Crippen LogP contribution in [0.25, 0.3) is 22.4 Å². The number of hydrogen-bond acceptors (Lipinski definition) is 3. The molecule has 2 heterocycles. The average molecular weight is 363 g/mol. The van der Waals surface area contributed by atoms with Gasteiger partial charge in [0.2, 0.25) is 0 Å². The van der Waals surface area contributed by atoms with Crippen LogP contribution in [-0.4, -0.2) is 10.9 Å². The van der Waals surface area contributed by atoms with E-state index in [1.807, 2.05) is 43.3 Å². The number of aromatic nitrogens is 1. The van der Waals surface area contributed by atoms with Gasteiger partial charge in [-0.15, -0.1) is 0 Å². The summed E-state index contributed by atoms with van der Waals surface area (Å²) < 4.78 is 5.68. The first-order valence-electron chi connectivity index (χ1n) is 8.14. The number of nitrogens with zero attached hydrogens (tertiary/aromatic N) is 1. The number of carbonyl (C=O) groups excluding carboxylic acids is 1. The SMILES string of the molecule is Cc1ccc(-c2cc(C(=O)Nc3cccc(Cl)c3)c3ccccc3n2)o1. The van der Waals surface area contributed by atoms with Crippen LogP contribution in [0.2, 0.25) is 5.02 Å². The van der Waals surface area contributed by atoms with Crippen LogP contribution in [0.15, 0.2) is 71.1 Å². The van der Waals surface area contributed by atoms with E-state index in [4.69, 9.17) is 16.0 Å². The van der Waals surface area contributed by atoms with Gasteiger partial charge in [0.25, 0.3) is 5.91 Å². The highest BCUT2D eigenvalue weighted by Crippen LogP contribution is 2.27. The Labute approximate surface area is 155 Å². The Kier molecular flexibility index (Phi) is 4.19. The second-order valence-corrected chi connectivity index (χ2v) is 6.38. The van der Waals surface area contributed by atoms with Crippen LogP contribution in [0.1, 0.15) is 16.1 Å². The zero-order valence-corrected chi connectivity index (χ0v) is 14.7. The van der Waals surface area contributed by atoms with E-state index in [-0.39, 0.29) is 5.91 Å². The first-order chi connectivity index (χ1) is 12.6. The summed E-state index contributed by atoms with van der Waals surface area (Å²) in [5.41, 5.74) is 2.52. The maximum absolute atomic E-state index is 12.9. The number of pyridine rings is 1. The fourth-order valence-electron chi connectivity index (χ4n) is 2.83. The van der Waals surface area contributed by atoms with Gasteiger partial charge in [0.05, 0.1) is 11.1 Å². The summed E-state index contributed by atoms with van der Waals surface area (Å²) >= 11 is 6.00. The Bertz CT molecular complexity index is 1120. The first kappa shape index (κ1) is 16.4. The molecule has 26 heavy (non-hydrogen) atoms. The van der Waals surface area contributed by atoms with Crippen LogP contribution >= 0.6 is 11.6 Å². The number of nitrogens with one attached hydrogen (secondary N) is 1. The number of para-hydroxylation sites is 1. The zero-order chi connectivity index (χ0) is 18.1. The van der Waals surface area contributed by atoms with Crippen LogP contribution in [0.3, 0.4) is 0 Å². The molecule has 0 saturated carbocycles. The number of anilines is 1. The van der Waals surface area contributed by atoms with E-state index in [9.17, 15) is 4.79 Å². The maximum atomic E-state index is 12.9. The summed E-state index contributed by atoms with van der Waals surface area (Å²) in [6, 6.07) is 20.1. The molecule has 0 atom stereocenters. The summed E-state index contributed by atoms with van der Waals surface area (Å²) in [5, 5.41) is 4.23. The molecule has 2 aromatic carbocycles. The summed E-state index contributed by atoms with van der Waals surface area (Å²) in [6.45, 7) is 1.87. The lowest BCUT2D eigenvalue weighted by atomic mass is 10.1. The Morgan fingerprint density at radius 2 is 1.88 bits per heavy atom. The molecule has 4 aromatic rings. The van der Waals surface area contributed by atoms with Crippen molar-refractivity contribution in [2.24, 2.45) is 0 Å². The molecule has 0 unspecified atom stereocenters. The number of aryl methyl sites for hydroxylation is 1. The van der Waals surface area contributed by atoms with E-state index in [1.54, 1.807) is 30.3 Å². The number of halogens is 1. The number of fused-ring (bicyclic) bond motifs is 1. The second kappa shape index (κ2) is 6.65. The van der Waals surface area contributed by atoms with Crippen LogP contribution < -0.4 is 5.32 Å². The van der Waals surface area contributed by atoms with Gasteiger partial charge in [0.1, 0.15) is 11.5 Å². The van der Waals surface area contributed by atoms with Gasteiger partial charge in [-0.1, -0.05) is 35.9 Å². The fraction of sp³-hybridized carbons (Fsp3) is 0.0476. The first-order valence-corrected chi connectivity index (χ1v) is 8.51. The summed E-state index contributed by atoms with van der Waals surface area (Å²) in [7, 11) is 0. The monoisotopic (exact) mass is 362 g/mol. The van der Waals surface area contributed by atoms with Gasteiger partial charge in [0.15, 0.2) is 5.76 Å². The average Bonchev–Trinajstić information content (AvgIpc) is 3.07. The number of carbonyl (C=O) groups is 1. The molecule has 0 aliphatic heterocycles. The van der Waals surface area contributed by atoms with E-state index in [2.05, 4.69) is 10.3 Å². The van der Waals surface area contributed by atoms with Gasteiger partial charge in [-0.2, -0.15) is 0 Å². The third-order valence-corrected chi connectivity index (χ3v) is 4.27. The highest BCUT2D eigenvalue weighted by molar-refractivity contribution is 6.31. The molecule has 0 saturated heterocycles. The van der Waals surface area contributed by atoms with Crippen molar-refractivity contribution < 1.29 is 9.21 Å². The normalized spacial score (nSPS) is 10.8. The van der Waals surface area contributed by atoms with Crippen molar-refractivity contribution in [2.45, 2.75) is 6.92 Å². The molecule has 1 amide bonds. The van der Waals surface area contributed by atoms with Crippen molar-refractivity contribution >= 4 is 34.1 Å². The van der Waals surface area contributed by atoms with E-state index in [0.29, 0.717) is 27.7 Å². The number of rotatable bonds is 3. The highest BCUT2D eigenvalue weighted by Gasteiger charge is 2.15. The minimum atomic E-state index is -0.226. The molecule has 5 heteroatoms. The molecule has 0 aliphatic rings. The standard InChI is InChI=1S/C21H15ClN2O2/c1-13-9-10-20(26-13)19-12-17(16-7-2-3-8-18(16)24-19)21(25)23-15-6-4-5-14(22)11-15/h2-12H,1H3,(H,23,25). The Balaban J connectivity index is 1.81. The summed E-state index contributed by atoms with van der Waals surface area (Å²) in [4.78, 5) is 17.5. The molecule has 4 rings (SSSR count). The topological polar surface area (TPSA) is 55.1 Å². The third kappa shape index (κ3) is 3.19. The molecule has 0 fully saturated rings. The lowest BCUT2D eigenvalue weighted by Crippen LogP contribution is -2.13. The lowest BCUT2D eigenvalue weighted by molar-refractivity contribution is 0.102. The zero-order valence-electron chi connectivity index (χ0n) is 14.0. The van der Waals surface area contributed by atoms with Gasteiger partial charge < -0.3 is 9.73 Å². The smallest absolute Gasteiger partial charge is 0.256 e. The number of furan rings is 1. The Morgan fingerprint density at radius 3 is 2.65 bits per heavy atom. The molecule has 128 valence electrons. The van der Waals surface area contributed by atoms with E-state index < -0.39 is 0 Å². The Morgan fingerprint density at radius 1 is 1.04 bits per heavy atom. The summed E-state index contributed by atoms with van der Waals surface area (Å²) in [5.74, 6) is 1.19. The van der Waals surface area contributed by atoms with Gasteiger partial charge in [-0.25, -0.2) is 4.98 Å². The van der Waals surface area contributed by atoms with Gasteiger partial charge in [-0.3, -0.25) is 4.79 Å². The molecule has 0 bridgehead atoms. The van der Waals surface area contributed by atoms with Crippen molar-refractivity contribution in [3.8, 4) is 11.5 Å². The van der Waals surface area contributed by atoms with Crippen LogP contribution in [0.4, 0.5) is 5.69 Å². The molecular weight excluding hydrogens is 348 g/mol. The van der Waals surface area contributed by atoms with Gasteiger partial charge >= 0.3 is 0 Å². The fourth-order valence-corrected chi connectivity index (χ4v) is 3.02. The molecule has 0 aliphatic carbocycles. The number of amides is 1. The molecule has 0 radical (unpaired) electrons. The van der Waals surface area contributed by atoms with E-state index in [1.165, 1.54) is 0 Å². The quantitative estimate of drug-likeness (QED) is 0.508. The largest absolute Gasteiger partial charge is 0.460 e. The highest BCUT2D eigenvalue weighted by atomic mass is 35.5. The minimum Gasteiger partial charge on any atom is -0.460 e. The predicted octanol–water partition coefficient (Wildman–Crippen LogP) is 5.71. The van der Waals surface area contributed by atoms with Crippen molar-refractivity contribution in [2.75, 3.05) is 5.32 Å². The molecule has 4 nitrogen and oxygen atoms in total. The predicted molar refractivity (Wildman–Crippen MR) is 104 cm³/mol. The van der Waals surface area contributed by atoms with E-state index >= 15 is 0 Å². The van der Waals surface area contributed by atoms with Crippen molar-refractivity contribution in [3.05, 3.63) is 83.1 Å².